The highest BCUT2D eigenvalue weighted by Gasteiger charge is 2.60. The Hall–Kier alpha value is -3.11. The molecule has 0 aliphatic carbocycles. The number of alkyl halides is 3. The van der Waals surface area contributed by atoms with Crippen molar-refractivity contribution in [3.05, 3.63) is 116 Å². The maximum Gasteiger partial charge on any atom is 0.409 e. The Morgan fingerprint density at radius 3 is 2.38 bits per heavy atom. The molecule has 3 aliphatic heterocycles. The lowest BCUT2D eigenvalue weighted by Gasteiger charge is -2.47. The maximum absolute atomic E-state index is 14.5. The van der Waals surface area contributed by atoms with Gasteiger partial charge < -0.3 is 9.64 Å². The van der Waals surface area contributed by atoms with Gasteiger partial charge in [0.05, 0.1) is 35.5 Å². The highest BCUT2D eigenvalue weighted by molar-refractivity contribution is 7.99. The van der Waals surface area contributed by atoms with E-state index in [2.05, 4.69) is 4.40 Å². The van der Waals surface area contributed by atoms with Crippen molar-refractivity contribution in [2.75, 3.05) is 13.1 Å². The number of amides is 1. The van der Waals surface area contributed by atoms with Gasteiger partial charge in [-0.1, -0.05) is 65.7 Å². The van der Waals surface area contributed by atoms with Gasteiger partial charge in [0.25, 0.3) is 5.91 Å². The van der Waals surface area contributed by atoms with Crippen LogP contribution < -0.4 is 0 Å². The molecule has 1 unspecified atom stereocenters. The predicted molar refractivity (Wildman–Crippen MR) is 156 cm³/mol. The SMILES string of the molecule is O=C(c1ccc2ccccc2c1)N1CC2(C1)OCc1cc(C3=NSC(c4cc(Cl)c(F)c(Cl)c4)(C(F)(F)F)C3)ccc12. The number of carbonyl (C=O) groups is 1. The van der Waals surface area contributed by atoms with Crippen molar-refractivity contribution in [1.29, 1.82) is 0 Å². The van der Waals surface area contributed by atoms with E-state index in [0.717, 1.165) is 34.0 Å². The minimum Gasteiger partial charge on any atom is -0.362 e. The van der Waals surface area contributed by atoms with Crippen LogP contribution in [0.5, 0.6) is 0 Å². The summed E-state index contributed by atoms with van der Waals surface area (Å²) in [5, 5.41) is 1.08. The summed E-state index contributed by atoms with van der Waals surface area (Å²) in [6.07, 6.45) is -5.19. The van der Waals surface area contributed by atoms with Crippen LogP contribution in [0.3, 0.4) is 0 Å². The van der Waals surface area contributed by atoms with E-state index in [-0.39, 0.29) is 23.8 Å². The molecule has 3 aliphatic rings. The molecule has 214 valence electrons. The Balaban J connectivity index is 1.11. The lowest BCUT2D eigenvalue weighted by Crippen LogP contribution is -2.61. The van der Waals surface area contributed by atoms with Crippen LogP contribution in [0.15, 0.2) is 77.2 Å². The average molecular weight is 631 g/mol. The number of fused-ring (bicyclic) bond motifs is 3. The largest absolute Gasteiger partial charge is 0.409 e. The van der Waals surface area contributed by atoms with Crippen LogP contribution in [0, 0.1) is 5.82 Å². The normalized spacial score (nSPS) is 21.0. The summed E-state index contributed by atoms with van der Waals surface area (Å²) in [4.78, 5) is 14.9. The second kappa shape index (κ2) is 9.71. The van der Waals surface area contributed by atoms with E-state index in [0.29, 0.717) is 36.2 Å². The molecule has 7 rings (SSSR count). The van der Waals surface area contributed by atoms with E-state index in [9.17, 15) is 22.4 Å². The van der Waals surface area contributed by atoms with Crippen molar-refractivity contribution in [2.24, 2.45) is 4.40 Å². The third kappa shape index (κ3) is 4.24. The van der Waals surface area contributed by atoms with E-state index in [1.54, 1.807) is 17.0 Å². The minimum atomic E-state index is -4.72. The number of hydrogen-bond acceptors (Lipinski definition) is 4. The standard InChI is InChI=1S/C31H20Cl2F4N2O2S/c32-24-11-22(12-25(33)27(24)34)30(31(35,36)37)13-26(38-42-30)19-7-8-23-21(10-19)14-41-29(23)15-39(16-29)28(40)20-6-5-17-3-1-2-4-18(17)9-20/h1-12H,13-16H2. The third-order valence-electron chi connectivity index (χ3n) is 8.25. The fraction of sp³-hybridized carbons (Fsp3) is 0.226. The summed E-state index contributed by atoms with van der Waals surface area (Å²) >= 11 is 12.1. The van der Waals surface area contributed by atoms with Crippen LogP contribution in [0.4, 0.5) is 17.6 Å². The van der Waals surface area contributed by atoms with Crippen molar-refractivity contribution in [3.8, 4) is 0 Å². The van der Waals surface area contributed by atoms with Gasteiger partial charge in [0.2, 0.25) is 0 Å². The molecule has 4 nitrogen and oxygen atoms in total. The second-order valence-corrected chi connectivity index (χ2v) is 12.6. The molecule has 0 radical (unpaired) electrons. The Morgan fingerprint density at radius 1 is 0.952 bits per heavy atom. The highest BCUT2D eigenvalue weighted by Crippen LogP contribution is 2.57. The molecule has 1 amide bonds. The molecule has 4 aromatic carbocycles. The monoisotopic (exact) mass is 630 g/mol. The van der Waals surface area contributed by atoms with Gasteiger partial charge in [-0.25, -0.2) is 8.79 Å². The molecule has 42 heavy (non-hydrogen) atoms. The summed E-state index contributed by atoms with van der Waals surface area (Å²) in [6.45, 7) is 1.03. The van der Waals surface area contributed by atoms with Crippen LogP contribution in [0.1, 0.15) is 39.0 Å². The first-order valence-electron chi connectivity index (χ1n) is 13.0. The minimum absolute atomic E-state index is 0.0816. The summed E-state index contributed by atoms with van der Waals surface area (Å²) in [6, 6.07) is 20.8. The summed E-state index contributed by atoms with van der Waals surface area (Å²) < 4.78 is 65.4. The number of carbonyl (C=O) groups excluding carboxylic acids is 1. The van der Waals surface area contributed by atoms with E-state index >= 15 is 0 Å². The van der Waals surface area contributed by atoms with Gasteiger partial charge in [-0.3, -0.25) is 4.79 Å². The van der Waals surface area contributed by atoms with Crippen LogP contribution in [0.25, 0.3) is 10.8 Å². The first-order chi connectivity index (χ1) is 20.0. The molecule has 0 saturated carbocycles. The fourth-order valence-corrected chi connectivity index (χ4v) is 7.41. The number of likely N-dealkylation sites (tertiary alicyclic amines) is 1. The first-order valence-corrected chi connectivity index (χ1v) is 14.6. The molecular weight excluding hydrogens is 611 g/mol. The summed E-state index contributed by atoms with van der Waals surface area (Å²) in [5.74, 6) is -1.05. The zero-order valence-electron chi connectivity index (χ0n) is 21.6. The number of hydrogen-bond donors (Lipinski definition) is 0. The van der Waals surface area contributed by atoms with Gasteiger partial charge in [-0.05, 0) is 75.3 Å². The lowest BCUT2D eigenvalue weighted by atomic mass is 9.83. The number of benzene rings is 4. The molecular formula is C31H20Cl2F4N2O2S. The number of halogens is 6. The van der Waals surface area contributed by atoms with Crippen molar-refractivity contribution >= 4 is 57.5 Å². The second-order valence-electron chi connectivity index (χ2n) is 10.8. The molecule has 0 aromatic heterocycles. The van der Waals surface area contributed by atoms with Crippen LogP contribution in [-0.4, -0.2) is 35.8 Å². The van der Waals surface area contributed by atoms with Gasteiger partial charge in [-0.15, -0.1) is 0 Å². The molecule has 1 atom stereocenters. The van der Waals surface area contributed by atoms with Crippen LogP contribution >= 0.6 is 35.1 Å². The molecule has 11 heteroatoms. The number of ether oxygens (including phenoxy) is 1. The first kappa shape index (κ1) is 27.7. The Bertz CT molecular complexity index is 1800. The highest BCUT2D eigenvalue weighted by atomic mass is 35.5. The predicted octanol–water partition coefficient (Wildman–Crippen LogP) is 8.47. The molecule has 1 fully saturated rings. The molecule has 3 heterocycles. The lowest BCUT2D eigenvalue weighted by molar-refractivity contribution is -0.159. The van der Waals surface area contributed by atoms with Gasteiger partial charge in [0.15, 0.2) is 10.6 Å². The van der Waals surface area contributed by atoms with Crippen molar-refractivity contribution in [2.45, 2.75) is 29.6 Å². The summed E-state index contributed by atoms with van der Waals surface area (Å²) in [7, 11) is 0. The topological polar surface area (TPSA) is 41.9 Å². The van der Waals surface area contributed by atoms with Crippen LogP contribution in [0.2, 0.25) is 10.0 Å². The van der Waals surface area contributed by atoms with Gasteiger partial charge in [0, 0.05) is 12.0 Å². The zero-order valence-corrected chi connectivity index (χ0v) is 24.0. The number of rotatable bonds is 3. The molecule has 1 spiro atoms. The van der Waals surface area contributed by atoms with Crippen molar-refractivity contribution in [3.63, 3.8) is 0 Å². The molecule has 0 N–H and O–H groups in total. The van der Waals surface area contributed by atoms with Crippen molar-refractivity contribution in [1.82, 2.24) is 4.90 Å². The maximum atomic E-state index is 14.5. The Kier molecular flexibility index (Phi) is 6.40. The van der Waals surface area contributed by atoms with Gasteiger partial charge in [-0.2, -0.15) is 13.2 Å². The third-order valence-corrected chi connectivity index (χ3v) is 10.0. The van der Waals surface area contributed by atoms with Crippen molar-refractivity contribution < 1.29 is 27.1 Å². The molecule has 4 aromatic rings. The summed E-state index contributed by atoms with van der Waals surface area (Å²) in [5.41, 5.74) is 2.24. The number of nitrogens with zero attached hydrogens (tertiary/aromatic N) is 2. The van der Waals surface area contributed by atoms with E-state index in [4.69, 9.17) is 27.9 Å². The molecule has 0 bridgehead atoms. The van der Waals surface area contributed by atoms with E-state index in [1.807, 2.05) is 48.5 Å². The van der Waals surface area contributed by atoms with Gasteiger partial charge >= 0.3 is 6.18 Å². The van der Waals surface area contributed by atoms with E-state index in [1.165, 1.54) is 0 Å². The fourth-order valence-electron chi connectivity index (χ4n) is 5.96. The Morgan fingerprint density at radius 2 is 1.67 bits per heavy atom. The smallest absolute Gasteiger partial charge is 0.362 e. The quantitative estimate of drug-likeness (QED) is 0.130. The average Bonchev–Trinajstić information content (AvgIpc) is 3.58. The van der Waals surface area contributed by atoms with Gasteiger partial charge in [0.1, 0.15) is 5.60 Å². The molecule has 1 saturated heterocycles. The Labute approximate surface area is 252 Å². The van der Waals surface area contributed by atoms with Crippen LogP contribution in [-0.2, 0) is 21.7 Å². The zero-order chi connectivity index (χ0) is 29.4. The van der Waals surface area contributed by atoms with E-state index < -0.39 is 38.8 Å².